The zero-order chi connectivity index (χ0) is 34.3. The summed E-state index contributed by atoms with van der Waals surface area (Å²) in [6.07, 6.45) is -1.41. The maximum atomic E-state index is 14.2. The van der Waals surface area contributed by atoms with E-state index in [9.17, 15) is 28.5 Å². The zero-order valence-corrected chi connectivity index (χ0v) is 27.6. The van der Waals surface area contributed by atoms with Crippen molar-refractivity contribution in [3.63, 3.8) is 0 Å². The number of aliphatic hydroxyl groups is 1. The lowest BCUT2D eigenvalue weighted by Crippen LogP contribution is -2.73. The number of nitrogens with zero attached hydrogens (tertiary/aromatic N) is 3. The molecule has 3 atom stereocenters. The highest BCUT2D eigenvalue weighted by atomic mass is 32.2. The number of amides is 3. The van der Waals surface area contributed by atoms with Crippen LogP contribution in [0.4, 0.5) is 4.79 Å². The Hall–Kier alpha value is -4.85. The summed E-state index contributed by atoms with van der Waals surface area (Å²) in [4.78, 5) is 58.5. The molecule has 0 saturated carbocycles. The number of ether oxygens (including phenoxy) is 2. The Balaban J connectivity index is 1.25. The van der Waals surface area contributed by atoms with Gasteiger partial charge in [0.05, 0.1) is 29.6 Å². The molecule has 49 heavy (non-hydrogen) atoms. The van der Waals surface area contributed by atoms with Crippen molar-refractivity contribution in [2.45, 2.75) is 23.9 Å². The number of carbonyl (C=O) groups excluding carboxylic acids is 4. The van der Waals surface area contributed by atoms with Gasteiger partial charge in [0.2, 0.25) is 5.91 Å². The lowest BCUT2D eigenvalue weighted by Gasteiger charge is -2.49. The zero-order valence-electron chi connectivity index (χ0n) is 26.8. The topological polar surface area (TPSA) is 146 Å². The van der Waals surface area contributed by atoms with Crippen LogP contribution in [-0.4, -0.2) is 111 Å². The molecule has 3 aromatic carbocycles. The van der Waals surface area contributed by atoms with Gasteiger partial charge in [-0.1, -0.05) is 91.0 Å². The first-order valence-corrected chi connectivity index (χ1v) is 17.5. The standard InChI is InChI=1S/C36H38N4O8S/c41-21-20-38-16-18-39(19-17-38)36(45)47-23-28-24-49(46)34-30(37-29(42)22-25-10-4-1-5-11-25)33(43)40(34)31(28)35(44)48-32(26-12-6-2-7-13-26)27-14-8-3-9-15-27/h1-15,30,32,34,41H,16-24H2,(H,37,42)/t30?,34-,49?/m1/s1. The molecule has 2 fully saturated rings. The maximum absolute atomic E-state index is 14.2. The number of β-lactam (4-membered cyclic amide) rings is 1. The molecule has 12 nitrogen and oxygen atoms in total. The van der Waals surface area contributed by atoms with Crippen LogP contribution in [0.15, 0.2) is 102 Å². The average molecular weight is 687 g/mol. The third-order valence-electron chi connectivity index (χ3n) is 8.77. The Kier molecular flexibility index (Phi) is 10.8. The molecule has 0 spiro atoms. The van der Waals surface area contributed by atoms with Gasteiger partial charge in [0.15, 0.2) is 6.10 Å². The monoisotopic (exact) mass is 686 g/mol. The summed E-state index contributed by atoms with van der Waals surface area (Å²) in [5.74, 6) is -2.03. The van der Waals surface area contributed by atoms with Crippen LogP contribution in [0.1, 0.15) is 22.8 Å². The van der Waals surface area contributed by atoms with Gasteiger partial charge in [0.25, 0.3) is 5.91 Å². The molecule has 0 aromatic heterocycles. The minimum atomic E-state index is -1.73. The van der Waals surface area contributed by atoms with Crippen LogP contribution in [0.3, 0.4) is 0 Å². The molecule has 6 rings (SSSR count). The van der Waals surface area contributed by atoms with Gasteiger partial charge in [-0.15, -0.1) is 0 Å². The van der Waals surface area contributed by atoms with Crippen molar-refractivity contribution >= 4 is 34.7 Å². The molecule has 0 radical (unpaired) electrons. The third kappa shape index (κ3) is 7.74. The summed E-state index contributed by atoms with van der Waals surface area (Å²) in [5.41, 5.74) is 2.21. The van der Waals surface area contributed by atoms with Crippen molar-refractivity contribution < 1.29 is 38.0 Å². The van der Waals surface area contributed by atoms with Crippen molar-refractivity contribution in [2.24, 2.45) is 0 Å². The second-order valence-corrected chi connectivity index (χ2v) is 13.5. The van der Waals surface area contributed by atoms with E-state index in [-0.39, 0.29) is 36.7 Å². The van der Waals surface area contributed by atoms with Crippen molar-refractivity contribution in [2.75, 3.05) is 51.7 Å². The van der Waals surface area contributed by atoms with Gasteiger partial charge in [-0.05, 0) is 16.7 Å². The third-order valence-corrected chi connectivity index (χ3v) is 10.4. The van der Waals surface area contributed by atoms with Crippen LogP contribution < -0.4 is 5.32 Å². The van der Waals surface area contributed by atoms with Gasteiger partial charge in [-0.3, -0.25) is 23.6 Å². The van der Waals surface area contributed by atoms with E-state index in [0.717, 1.165) is 10.5 Å². The van der Waals surface area contributed by atoms with E-state index in [2.05, 4.69) is 5.32 Å². The molecule has 0 bridgehead atoms. The lowest BCUT2D eigenvalue weighted by atomic mass is 10.0. The maximum Gasteiger partial charge on any atom is 0.410 e. The van der Waals surface area contributed by atoms with Crippen molar-refractivity contribution in [3.8, 4) is 0 Å². The number of nitrogens with one attached hydrogen (secondary N) is 1. The van der Waals surface area contributed by atoms with Gasteiger partial charge in [-0.25, -0.2) is 9.59 Å². The molecule has 2 unspecified atom stereocenters. The first-order valence-electron chi connectivity index (χ1n) is 16.2. The highest BCUT2D eigenvalue weighted by molar-refractivity contribution is 7.86. The number of hydrogen-bond donors (Lipinski definition) is 2. The Bertz CT molecular complexity index is 1680. The van der Waals surface area contributed by atoms with Crippen LogP contribution in [0, 0.1) is 0 Å². The number of aliphatic hydroxyl groups excluding tert-OH is 1. The van der Waals surface area contributed by atoms with E-state index < -0.39 is 52.2 Å². The second-order valence-electron chi connectivity index (χ2n) is 12.0. The quantitative estimate of drug-likeness (QED) is 0.229. The van der Waals surface area contributed by atoms with Crippen LogP contribution in [0.25, 0.3) is 0 Å². The predicted octanol–water partition coefficient (Wildman–Crippen LogP) is 1.98. The number of benzene rings is 3. The van der Waals surface area contributed by atoms with E-state index in [4.69, 9.17) is 9.47 Å². The van der Waals surface area contributed by atoms with E-state index in [0.29, 0.717) is 43.9 Å². The van der Waals surface area contributed by atoms with Crippen LogP contribution in [0.5, 0.6) is 0 Å². The minimum Gasteiger partial charge on any atom is -0.448 e. The van der Waals surface area contributed by atoms with Crippen molar-refractivity contribution in [3.05, 3.63) is 119 Å². The predicted molar refractivity (Wildman–Crippen MR) is 180 cm³/mol. The average Bonchev–Trinajstić information content (AvgIpc) is 3.13. The first-order chi connectivity index (χ1) is 23.8. The summed E-state index contributed by atoms with van der Waals surface area (Å²) >= 11 is 0. The molecule has 3 aliphatic rings. The van der Waals surface area contributed by atoms with Crippen LogP contribution in [0.2, 0.25) is 0 Å². The van der Waals surface area contributed by atoms with Gasteiger partial charge < -0.3 is 24.8 Å². The lowest BCUT2D eigenvalue weighted by molar-refractivity contribution is -0.155. The van der Waals surface area contributed by atoms with Gasteiger partial charge in [0.1, 0.15) is 23.7 Å². The number of esters is 1. The Morgan fingerprint density at radius 3 is 2.06 bits per heavy atom. The fourth-order valence-corrected chi connectivity index (χ4v) is 7.91. The number of rotatable bonds is 11. The number of hydrogen-bond acceptors (Lipinski definition) is 9. The SMILES string of the molecule is O=C(Cc1ccccc1)NC1C(=O)N2C(C(=O)OC(c3ccccc3)c3ccccc3)=C(COC(=O)N3CCN(CCO)CC3)CS(=O)[C@H]12. The van der Waals surface area contributed by atoms with Crippen molar-refractivity contribution in [1.82, 2.24) is 20.0 Å². The molecular formula is C36H38N4O8S. The second kappa shape index (κ2) is 15.6. The molecule has 2 saturated heterocycles. The number of piperazine rings is 1. The molecule has 3 aromatic rings. The summed E-state index contributed by atoms with van der Waals surface area (Å²) < 4.78 is 25.4. The summed E-state index contributed by atoms with van der Waals surface area (Å²) in [6, 6.07) is 26.3. The molecule has 2 N–H and O–H groups in total. The smallest absolute Gasteiger partial charge is 0.410 e. The fraction of sp³-hybridized carbons (Fsp3) is 0.333. The Morgan fingerprint density at radius 2 is 1.47 bits per heavy atom. The summed E-state index contributed by atoms with van der Waals surface area (Å²) in [6.45, 7) is 2.09. The van der Waals surface area contributed by atoms with Gasteiger partial charge in [-0.2, -0.15) is 0 Å². The summed E-state index contributed by atoms with van der Waals surface area (Å²) in [5, 5.41) is 10.9. The molecule has 3 aliphatic heterocycles. The largest absolute Gasteiger partial charge is 0.448 e. The van der Waals surface area contributed by atoms with E-state index >= 15 is 0 Å². The highest BCUT2D eigenvalue weighted by Gasteiger charge is 2.57. The number of β-amino-alcohol motifs (C(OH)–C–C–N with tert-alkyl or cyclic N) is 1. The number of carbonyl (C=O) groups is 4. The molecule has 256 valence electrons. The normalized spacial score (nSPS) is 20.8. The molecule has 3 heterocycles. The van der Waals surface area contributed by atoms with Crippen LogP contribution >= 0.6 is 0 Å². The minimum absolute atomic E-state index is 0.0256. The number of fused-ring (bicyclic) bond motifs is 1. The summed E-state index contributed by atoms with van der Waals surface area (Å²) in [7, 11) is -1.73. The highest BCUT2D eigenvalue weighted by Crippen LogP contribution is 2.37. The molecule has 13 heteroatoms. The van der Waals surface area contributed by atoms with E-state index in [1.165, 1.54) is 4.90 Å². The van der Waals surface area contributed by atoms with E-state index in [1.54, 1.807) is 12.1 Å². The van der Waals surface area contributed by atoms with Crippen molar-refractivity contribution in [1.29, 1.82) is 0 Å². The fourth-order valence-electron chi connectivity index (χ4n) is 6.24. The Morgan fingerprint density at radius 1 is 0.878 bits per heavy atom. The molecule has 0 aliphatic carbocycles. The molecule has 3 amide bonds. The van der Waals surface area contributed by atoms with E-state index in [1.807, 2.05) is 83.8 Å². The van der Waals surface area contributed by atoms with Crippen LogP contribution in [-0.2, 0) is 41.1 Å². The van der Waals surface area contributed by atoms with Gasteiger partial charge in [0, 0.05) is 38.3 Å². The van der Waals surface area contributed by atoms with Gasteiger partial charge >= 0.3 is 12.1 Å². The molecular weight excluding hydrogens is 648 g/mol. The first kappa shape index (κ1) is 34.0. The Labute approximate surface area is 286 Å².